The van der Waals surface area contributed by atoms with Crippen LogP contribution in [0.2, 0.25) is 0 Å². The summed E-state index contributed by atoms with van der Waals surface area (Å²) in [4.78, 5) is 18.5. The van der Waals surface area contributed by atoms with E-state index in [-0.39, 0.29) is 17.3 Å². The normalized spacial score (nSPS) is 10.3. The minimum Gasteiger partial charge on any atom is -0.396 e. The van der Waals surface area contributed by atoms with Gasteiger partial charge in [0.05, 0.1) is 11.5 Å². The van der Waals surface area contributed by atoms with Gasteiger partial charge < -0.3 is 10.4 Å². The Balaban J connectivity index is 3.14. The van der Waals surface area contributed by atoms with Crippen LogP contribution in [-0.2, 0) is 0 Å². The quantitative estimate of drug-likeness (QED) is 0.342. The highest BCUT2D eigenvalue weighted by Crippen LogP contribution is 2.30. The SMILES string of the molecule is CCNc1nc(C)c([N+](=O)[O-])c(SCCO)n1. The zero-order valence-electron chi connectivity index (χ0n) is 9.63. The molecule has 0 atom stereocenters. The molecule has 17 heavy (non-hydrogen) atoms. The third-order valence-electron chi connectivity index (χ3n) is 1.87. The van der Waals surface area contributed by atoms with E-state index < -0.39 is 4.92 Å². The molecule has 0 aliphatic carbocycles. The molecule has 0 fully saturated rings. The van der Waals surface area contributed by atoms with Crippen LogP contribution in [0.15, 0.2) is 5.03 Å². The Kier molecular flexibility index (Phi) is 5.11. The number of aliphatic hydroxyl groups is 1. The number of aryl methyl sites for hydroxylation is 1. The molecule has 1 rings (SSSR count). The second kappa shape index (κ2) is 6.36. The van der Waals surface area contributed by atoms with Gasteiger partial charge in [-0.05, 0) is 13.8 Å². The Morgan fingerprint density at radius 3 is 2.76 bits per heavy atom. The van der Waals surface area contributed by atoms with Crippen LogP contribution in [0, 0.1) is 17.0 Å². The van der Waals surface area contributed by atoms with Crippen molar-refractivity contribution in [3.63, 3.8) is 0 Å². The summed E-state index contributed by atoms with van der Waals surface area (Å²) in [7, 11) is 0. The van der Waals surface area contributed by atoms with Gasteiger partial charge in [-0.2, -0.15) is 4.98 Å². The van der Waals surface area contributed by atoms with Gasteiger partial charge in [0.1, 0.15) is 5.69 Å². The predicted octanol–water partition coefficient (Wildman–Crippen LogP) is 1.21. The molecule has 8 heteroatoms. The molecule has 1 heterocycles. The predicted molar refractivity (Wildman–Crippen MR) is 65.4 cm³/mol. The van der Waals surface area contributed by atoms with Gasteiger partial charge in [0.2, 0.25) is 5.95 Å². The van der Waals surface area contributed by atoms with E-state index >= 15 is 0 Å². The highest BCUT2D eigenvalue weighted by atomic mass is 32.2. The number of nitrogens with zero attached hydrogens (tertiary/aromatic N) is 3. The monoisotopic (exact) mass is 258 g/mol. The molecular formula is C9H14N4O3S. The number of nitro groups is 1. The van der Waals surface area contributed by atoms with Crippen LogP contribution in [0.5, 0.6) is 0 Å². The summed E-state index contributed by atoms with van der Waals surface area (Å²) in [6.45, 7) is 4.05. The maximum Gasteiger partial charge on any atom is 0.322 e. The maximum absolute atomic E-state index is 10.9. The number of nitrogens with one attached hydrogen (secondary N) is 1. The molecule has 0 radical (unpaired) electrons. The number of aliphatic hydroxyl groups excluding tert-OH is 1. The van der Waals surface area contributed by atoms with Crippen LogP contribution in [0.25, 0.3) is 0 Å². The number of hydrogen-bond acceptors (Lipinski definition) is 7. The fraction of sp³-hybridized carbons (Fsp3) is 0.556. The fourth-order valence-corrected chi connectivity index (χ4v) is 2.03. The second-order valence-electron chi connectivity index (χ2n) is 3.15. The molecule has 1 aromatic heterocycles. The third kappa shape index (κ3) is 3.53. The molecule has 0 saturated heterocycles. The van der Waals surface area contributed by atoms with E-state index in [1.165, 1.54) is 0 Å². The topological polar surface area (TPSA) is 101 Å². The fourth-order valence-electron chi connectivity index (χ4n) is 1.23. The average Bonchev–Trinajstić information content (AvgIpc) is 2.25. The molecule has 94 valence electrons. The molecule has 2 N–H and O–H groups in total. The molecule has 0 saturated carbocycles. The second-order valence-corrected chi connectivity index (χ2v) is 4.23. The van der Waals surface area contributed by atoms with E-state index in [0.29, 0.717) is 23.9 Å². The average molecular weight is 258 g/mol. The van der Waals surface area contributed by atoms with Gasteiger partial charge in [0, 0.05) is 12.3 Å². The van der Waals surface area contributed by atoms with Crippen molar-refractivity contribution in [1.29, 1.82) is 0 Å². The summed E-state index contributed by atoms with van der Waals surface area (Å²) in [5.41, 5.74) is 0.228. The van der Waals surface area contributed by atoms with Crippen molar-refractivity contribution in [2.45, 2.75) is 18.9 Å². The Morgan fingerprint density at radius 1 is 1.53 bits per heavy atom. The summed E-state index contributed by atoms with van der Waals surface area (Å²) >= 11 is 1.15. The lowest BCUT2D eigenvalue weighted by Gasteiger charge is -2.07. The Labute approximate surface area is 103 Å². The molecule has 0 aliphatic heterocycles. The van der Waals surface area contributed by atoms with Crippen LogP contribution >= 0.6 is 11.8 Å². The molecule has 0 amide bonds. The van der Waals surface area contributed by atoms with Gasteiger partial charge >= 0.3 is 5.69 Å². The van der Waals surface area contributed by atoms with Crippen molar-refractivity contribution in [2.24, 2.45) is 0 Å². The maximum atomic E-state index is 10.9. The van der Waals surface area contributed by atoms with Crippen LogP contribution in [0.3, 0.4) is 0 Å². The first-order chi connectivity index (χ1) is 8.10. The van der Waals surface area contributed by atoms with Crippen LogP contribution < -0.4 is 5.32 Å². The minimum absolute atomic E-state index is 0.0542. The number of thioether (sulfide) groups is 1. The molecule has 0 aliphatic rings. The summed E-state index contributed by atoms with van der Waals surface area (Å²) in [5.74, 6) is 0.735. The van der Waals surface area contributed by atoms with Crippen LogP contribution in [0.1, 0.15) is 12.6 Å². The third-order valence-corrected chi connectivity index (χ3v) is 2.82. The van der Waals surface area contributed by atoms with Crippen LogP contribution in [-0.4, -0.2) is 38.9 Å². The van der Waals surface area contributed by atoms with Gasteiger partial charge in [-0.1, -0.05) is 11.8 Å². The minimum atomic E-state index is -0.495. The largest absolute Gasteiger partial charge is 0.396 e. The van der Waals surface area contributed by atoms with Gasteiger partial charge in [0.15, 0.2) is 5.03 Å². The zero-order valence-corrected chi connectivity index (χ0v) is 10.5. The molecular weight excluding hydrogens is 244 g/mol. The van der Waals surface area contributed by atoms with E-state index in [0.717, 1.165) is 11.8 Å². The number of anilines is 1. The van der Waals surface area contributed by atoms with E-state index in [1.807, 2.05) is 6.92 Å². The Bertz CT molecular complexity index is 413. The van der Waals surface area contributed by atoms with E-state index in [4.69, 9.17) is 5.11 Å². The van der Waals surface area contributed by atoms with E-state index in [9.17, 15) is 10.1 Å². The standard InChI is InChI=1S/C9H14N4O3S/c1-3-10-9-11-6(2)7(13(15)16)8(12-9)17-5-4-14/h14H,3-5H2,1-2H3,(H,10,11,12). The molecule has 0 bridgehead atoms. The lowest BCUT2D eigenvalue weighted by molar-refractivity contribution is -0.389. The number of aromatic nitrogens is 2. The highest BCUT2D eigenvalue weighted by Gasteiger charge is 2.21. The van der Waals surface area contributed by atoms with Gasteiger partial charge in [-0.15, -0.1) is 0 Å². The van der Waals surface area contributed by atoms with E-state index in [1.54, 1.807) is 6.92 Å². The van der Waals surface area contributed by atoms with Gasteiger partial charge in [-0.3, -0.25) is 10.1 Å². The van der Waals surface area contributed by atoms with E-state index in [2.05, 4.69) is 15.3 Å². The first-order valence-electron chi connectivity index (χ1n) is 5.10. The van der Waals surface area contributed by atoms with Crippen molar-refractivity contribution in [3.8, 4) is 0 Å². The van der Waals surface area contributed by atoms with Crippen molar-refractivity contribution in [2.75, 3.05) is 24.2 Å². The number of hydrogen-bond donors (Lipinski definition) is 2. The molecule has 0 unspecified atom stereocenters. The van der Waals surface area contributed by atoms with Crippen molar-refractivity contribution < 1.29 is 10.0 Å². The molecule has 0 aromatic carbocycles. The molecule has 0 spiro atoms. The summed E-state index contributed by atoms with van der Waals surface area (Å²) in [6.07, 6.45) is 0. The first-order valence-corrected chi connectivity index (χ1v) is 6.09. The summed E-state index contributed by atoms with van der Waals surface area (Å²) in [6, 6.07) is 0. The summed E-state index contributed by atoms with van der Waals surface area (Å²) < 4.78 is 0. The zero-order chi connectivity index (χ0) is 12.8. The Morgan fingerprint density at radius 2 is 2.24 bits per heavy atom. The van der Waals surface area contributed by atoms with Crippen molar-refractivity contribution in [1.82, 2.24) is 9.97 Å². The summed E-state index contributed by atoms with van der Waals surface area (Å²) in [5, 5.41) is 22.8. The first kappa shape index (κ1) is 13.7. The Hall–Kier alpha value is -1.41. The van der Waals surface area contributed by atoms with Crippen molar-refractivity contribution in [3.05, 3.63) is 15.8 Å². The smallest absolute Gasteiger partial charge is 0.322 e. The lowest BCUT2D eigenvalue weighted by Crippen LogP contribution is -2.07. The molecule has 1 aromatic rings. The van der Waals surface area contributed by atoms with Gasteiger partial charge in [-0.25, -0.2) is 4.98 Å². The van der Waals surface area contributed by atoms with Crippen molar-refractivity contribution >= 4 is 23.4 Å². The van der Waals surface area contributed by atoms with Gasteiger partial charge in [0.25, 0.3) is 0 Å². The number of rotatable bonds is 6. The molecule has 7 nitrogen and oxygen atoms in total. The lowest BCUT2D eigenvalue weighted by atomic mass is 10.4. The highest BCUT2D eigenvalue weighted by molar-refractivity contribution is 7.99. The van der Waals surface area contributed by atoms with Crippen LogP contribution in [0.4, 0.5) is 11.6 Å².